The predicted molar refractivity (Wildman–Crippen MR) is 155 cm³/mol. The van der Waals surface area contributed by atoms with Gasteiger partial charge < -0.3 is 10.2 Å². The molecule has 1 atom stereocenters. The highest BCUT2D eigenvalue weighted by atomic mass is 79.9. The fourth-order valence-corrected chi connectivity index (χ4v) is 5.87. The van der Waals surface area contributed by atoms with Crippen LogP contribution in [0.3, 0.4) is 0 Å². The van der Waals surface area contributed by atoms with E-state index in [1.165, 1.54) is 35.2 Å². The van der Waals surface area contributed by atoms with Gasteiger partial charge >= 0.3 is 0 Å². The number of sulfonamides is 1. The Morgan fingerprint density at radius 2 is 1.61 bits per heavy atom. The van der Waals surface area contributed by atoms with E-state index >= 15 is 0 Å². The lowest BCUT2D eigenvalue weighted by molar-refractivity contribution is -0.139. The van der Waals surface area contributed by atoms with Crippen molar-refractivity contribution in [2.24, 2.45) is 0 Å². The normalized spacial score (nSPS) is 12.2. The Bertz CT molecular complexity index is 1400. The molecule has 0 aliphatic heterocycles. The molecule has 3 rings (SSSR count). The van der Waals surface area contributed by atoms with Gasteiger partial charge in [0.05, 0.1) is 20.6 Å². The van der Waals surface area contributed by atoms with Crippen molar-refractivity contribution in [1.29, 1.82) is 0 Å². The van der Waals surface area contributed by atoms with Crippen LogP contribution < -0.4 is 9.62 Å². The van der Waals surface area contributed by atoms with Gasteiger partial charge in [-0.05, 0) is 68.8 Å². The van der Waals surface area contributed by atoms with E-state index in [4.69, 9.17) is 23.2 Å². The molecular formula is C27H28BrCl2N3O4S. The number of nitrogens with zero attached hydrogens (tertiary/aromatic N) is 2. The molecule has 0 radical (unpaired) electrons. The second-order valence-electron chi connectivity index (χ2n) is 8.91. The maximum absolute atomic E-state index is 13.8. The van der Waals surface area contributed by atoms with E-state index in [0.29, 0.717) is 0 Å². The number of amides is 2. The number of benzene rings is 3. The average Bonchev–Trinajstić information content (AvgIpc) is 2.87. The van der Waals surface area contributed by atoms with Crippen molar-refractivity contribution in [3.8, 4) is 0 Å². The minimum Gasteiger partial charge on any atom is -0.352 e. The molecule has 0 bridgehead atoms. The van der Waals surface area contributed by atoms with Gasteiger partial charge in [0, 0.05) is 17.1 Å². The number of hydrogen-bond acceptors (Lipinski definition) is 4. The third-order valence-corrected chi connectivity index (χ3v) is 8.66. The second kappa shape index (κ2) is 13.0. The first-order valence-corrected chi connectivity index (χ1v) is 14.8. The van der Waals surface area contributed by atoms with Gasteiger partial charge in [0.1, 0.15) is 12.6 Å². The molecule has 0 saturated carbocycles. The molecule has 2 amide bonds. The molecule has 0 aliphatic carbocycles. The number of nitrogens with one attached hydrogen (secondary N) is 1. The van der Waals surface area contributed by atoms with Crippen molar-refractivity contribution in [2.75, 3.05) is 10.8 Å². The molecule has 0 heterocycles. The molecule has 3 aromatic rings. The molecule has 38 heavy (non-hydrogen) atoms. The highest BCUT2D eigenvalue weighted by molar-refractivity contribution is 9.10. The van der Waals surface area contributed by atoms with Gasteiger partial charge in [-0.1, -0.05) is 69.5 Å². The quantitative estimate of drug-likeness (QED) is 0.299. The van der Waals surface area contributed by atoms with Crippen LogP contribution in [0, 0.1) is 0 Å². The molecule has 0 fully saturated rings. The Morgan fingerprint density at radius 3 is 2.21 bits per heavy atom. The van der Waals surface area contributed by atoms with Crippen molar-refractivity contribution in [3.05, 3.63) is 92.9 Å². The summed E-state index contributed by atoms with van der Waals surface area (Å²) < 4.78 is 29.3. The maximum atomic E-state index is 13.8. The van der Waals surface area contributed by atoms with Crippen LogP contribution in [0.1, 0.15) is 26.3 Å². The monoisotopic (exact) mass is 639 g/mol. The fourth-order valence-electron chi connectivity index (χ4n) is 3.71. The topological polar surface area (TPSA) is 86.8 Å². The van der Waals surface area contributed by atoms with Crippen LogP contribution in [-0.2, 0) is 26.2 Å². The zero-order chi connectivity index (χ0) is 28.0. The molecule has 0 saturated heterocycles. The molecule has 0 spiro atoms. The van der Waals surface area contributed by atoms with Crippen molar-refractivity contribution in [1.82, 2.24) is 10.2 Å². The zero-order valence-corrected chi connectivity index (χ0v) is 25.0. The minimum absolute atomic E-state index is 0.00279. The summed E-state index contributed by atoms with van der Waals surface area (Å²) >= 11 is 15.7. The second-order valence-corrected chi connectivity index (χ2v) is 12.5. The summed E-state index contributed by atoms with van der Waals surface area (Å²) in [6.45, 7) is 4.78. The smallest absolute Gasteiger partial charge is 0.264 e. The number of carbonyl (C=O) groups is 2. The summed E-state index contributed by atoms with van der Waals surface area (Å²) in [5, 5.41) is 3.21. The molecule has 0 aromatic heterocycles. The number of hydrogen-bond donors (Lipinski definition) is 1. The fraction of sp³-hybridized carbons (Fsp3) is 0.259. The van der Waals surface area contributed by atoms with Crippen LogP contribution in [0.25, 0.3) is 0 Å². The SMILES string of the molecule is CC(C)NC(=O)C(C)N(Cc1cccc(Br)c1)C(=O)CN(c1ccc(Cl)c(Cl)c1)S(=O)(=O)c1ccccc1. The average molecular weight is 641 g/mol. The van der Waals surface area contributed by atoms with E-state index in [1.54, 1.807) is 25.1 Å². The van der Waals surface area contributed by atoms with Crippen molar-refractivity contribution in [2.45, 2.75) is 44.3 Å². The summed E-state index contributed by atoms with van der Waals surface area (Å²) in [6.07, 6.45) is 0. The van der Waals surface area contributed by atoms with Crippen molar-refractivity contribution in [3.63, 3.8) is 0 Å². The molecule has 7 nitrogen and oxygen atoms in total. The molecule has 1 unspecified atom stereocenters. The molecule has 0 aliphatic rings. The summed E-state index contributed by atoms with van der Waals surface area (Å²) in [5.74, 6) is -0.919. The van der Waals surface area contributed by atoms with E-state index in [9.17, 15) is 18.0 Å². The maximum Gasteiger partial charge on any atom is 0.264 e. The summed E-state index contributed by atoms with van der Waals surface area (Å²) in [5.41, 5.74) is 0.933. The van der Waals surface area contributed by atoms with Gasteiger partial charge in [-0.2, -0.15) is 0 Å². The van der Waals surface area contributed by atoms with Crippen molar-refractivity contribution < 1.29 is 18.0 Å². The first kappa shape index (κ1) is 30.0. The predicted octanol–water partition coefficient (Wildman–Crippen LogP) is 5.89. The Balaban J connectivity index is 2.05. The Kier molecular flexibility index (Phi) is 10.2. The zero-order valence-electron chi connectivity index (χ0n) is 21.1. The lowest BCUT2D eigenvalue weighted by atomic mass is 10.1. The minimum atomic E-state index is -4.18. The number of carbonyl (C=O) groups excluding carboxylic acids is 2. The van der Waals surface area contributed by atoms with E-state index in [0.717, 1.165) is 14.3 Å². The summed E-state index contributed by atoms with van der Waals surface area (Å²) in [4.78, 5) is 28.1. The van der Waals surface area contributed by atoms with Gasteiger partial charge in [0.25, 0.3) is 10.0 Å². The largest absolute Gasteiger partial charge is 0.352 e. The van der Waals surface area contributed by atoms with Gasteiger partial charge in [0.2, 0.25) is 11.8 Å². The lowest BCUT2D eigenvalue weighted by Crippen LogP contribution is -2.52. The Morgan fingerprint density at radius 1 is 0.921 bits per heavy atom. The summed E-state index contributed by atoms with van der Waals surface area (Å²) in [7, 11) is -4.18. The highest BCUT2D eigenvalue weighted by Gasteiger charge is 2.32. The van der Waals surface area contributed by atoms with Crippen LogP contribution in [0.5, 0.6) is 0 Å². The molecular weight excluding hydrogens is 613 g/mol. The first-order valence-electron chi connectivity index (χ1n) is 11.8. The number of halogens is 3. The van der Waals surface area contributed by atoms with Crippen LogP contribution in [0.15, 0.2) is 82.2 Å². The van der Waals surface area contributed by atoms with Gasteiger partial charge in [-0.3, -0.25) is 13.9 Å². The number of anilines is 1. The molecule has 11 heteroatoms. The first-order chi connectivity index (χ1) is 17.9. The molecule has 202 valence electrons. The van der Waals surface area contributed by atoms with Gasteiger partial charge in [-0.15, -0.1) is 0 Å². The molecule has 3 aromatic carbocycles. The van der Waals surface area contributed by atoms with E-state index < -0.39 is 28.5 Å². The van der Waals surface area contributed by atoms with Crippen LogP contribution >= 0.6 is 39.1 Å². The van der Waals surface area contributed by atoms with Crippen molar-refractivity contribution >= 4 is 66.7 Å². The lowest BCUT2D eigenvalue weighted by Gasteiger charge is -2.32. The molecule has 1 N–H and O–H groups in total. The standard InChI is InChI=1S/C27H28BrCl2N3O4S/c1-18(2)31-27(35)19(3)32(16-20-8-7-9-21(28)14-20)26(34)17-33(22-12-13-24(29)25(30)15-22)38(36,37)23-10-5-4-6-11-23/h4-15,18-19H,16-17H2,1-3H3,(H,31,35). The van der Waals surface area contributed by atoms with Crippen LogP contribution in [0.2, 0.25) is 10.0 Å². The highest BCUT2D eigenvalue weighted by Crippen LogP contribution is 2.31. The third kappa shape index (κ3) is 7.50. The van der Waals surface area contributed by atoms with Crippen LogP contribution in [-0.4, -0.2) is 43.8 Å². The Labute approximate surface area is 241 Å². The third-order valence-electron chi connectivity index (χ3n) is 5.64. The van der Waals surface area contributed by atoms with Crippen LogP contribution in [0.4, 0.5) is 5.69 Å². The van der Waals surface area contributed by atoms with E-state index in [-0.39, 0.29) is 39.1 Å². The van der Waals surface area contributed by atoms with Gasteiger partial charge in [-0.25, -0.2) is 8.42 Å². The summed E-state index contributed by atoms with van der Waals surface area (Å²) in [6, 6.07) is 18.5. The van der Waals surface area contributed by atoms with E-state index in [1.807, 2.05) is 38.1 Å². The van der Waals surface area contributed by atoms with E-state index in [2.05, 4.69) is 21.2 Å². The number of rotatable bonds is 10. The Hall–Kier alpha value is -2.59. The van der Waals surface area contributed by atoms with Gasteiger partial charge in [0.15, 0.2) is 0 Å².